The van der Waals surface area contributed by atoms with Crippen LogP contribution in [0, 0.1) is 5.92 Å². The predicted molar refractivity (Wildman–Crippen MR) is 102 cm³/mol. The third kappa shape index (κ3) is 3.36. The third-order valence-electron chi connectivity index (χ3n) is 5.17. The minimum Gasteiger partial charge on any atom is -0.396 e. The van der Waals surface area contributed by atoms with Gasteiger partial charge in [-0.2, -0.15) is 0 Å². The van der Waals surface area contributed by atoms with Crippen molar-refractivity contribution in [1.82, 2.24) is 15.2 Å². The third-order valence-corrected chi connectivity index (χ3v) is 5.17. The molecule has 4 rings (SSSR count). The SMILES string of the molecule is O=C(N[C@@H]1CN(Cc2c[nH]c3ccccc23)C[C@H]1CO)c1ccccc1. The summed E-state index contributed by atoms with van der Waals surface area (Å²) in [4.78, 5) is 18.0. The fourth-order valence-electron chi connectivity index (χ4n) is 3.78. The minimum atomic E-state index is -0.0806. The van der Waals surface area contributed by atoms with Crippen LogP contribution in [0.5, 0.6) is 0 Å². The number of nitrogens with zero attached hydrogens (tertiary/aromatic N) is 1. The largest absolute Gasteiger partial charge is 0.396 e. The quantitative estimate of drug-likeness (QED) is 0.662. The Balaban J connectivity index is 1.44. The van der Waals surface area contributed by atoms with Crippen LogP contribution in [0.3, 0.4) is 0 Å². The molecule has 0 aliphatic carbocycles. The van der Waals surface area contributed by atoms with Crippen LogP contribution >= 0.6 is 0 Å². The lowest BCUT2D eigenvalue weighted by Crippen LogP contribution is -2.41. The minimum absolute atomic E-state index is 0.0436. The van der Waals surface area contributed by atoms with Crippen LogP contribution in [-0.2, 0) is 6.54 Å². The normalized spacial score (nSPS) is 20.5. The van der Waals surface area contributed by atoms with Gasteiger partial charge in [0.1, 0.15) is 0 Å². The number of rotatable bonds is 5. The van der Waals surface area contributed by atoms with Crippen molar-refractivity contribution < 1.29 is 9.90 Å². The van der Waals surface area contributed by atoms with Crippen LogP contribution in [0.15, 0.2) is 60.8 Å². The number of H-pyrrole nitrogens is 1. The molecule has 1 aliphatic rings. The molecule has 2 aromatic carbocycles. The Kier molecular flexibility index (Phi) is 4.73. The van der Waals surface area contributed by atoms with Gasteiger partial charge >= 0.3 is 0 Å². The number of aromatic nitrogens is 1. The van der Waals surface area contributed by atoms with Gasteiger partial charge in [-0.3, -0.25) is 9.69 Å². The number of likely N-dealkylation sites (tertiary alicyclic amines) is 1. The highest BCUT2D eigenvalue weighted by Crippen LogP contribution is 2.24. The number of para-hydroxylation sites is 1. The number of benzene rings is 2. The zero-order chi connectivity index (χ0) is 17.9. The second-order valence-electron chi connectivity index (χ2n) is 6.94. The number of hydrogen-bond acceptors (Lipinski definition) is 3. The van der Waals surface area contributed by atoms with Crippen molar-refractivity contribution in [2.75, 3.05) is 19.7 Å². The van der Waals surface area contributed by atoms with E-state index in [0.29, 0.717) is 5.56 Å². The summed E-state index contributed by atoms with van der Waals surface area (Å²) in [5.74, 6) is -0.0316. The van der Waals surface area contributed by atoms with Gasteiger partial charge in [-0.25, -0.2) is 0 Å². The Bertz CT molecular complexity index is 890. The Morgan fingerprint density at radius 1 is 1.12 bits per heavy atom. The average Bonchev–Trinajstić information content (AvgIpc) is 3.27. The lowest BCUT2D eigenvalue weighted by molar-refractivity contribution is 0.0921. The van der Waals surface area contributed by atoms with E-state index < -0.39 is 0 Å². The molecule has 0 bridgehead atoms. The van der Waals surface area contributed by atoms with E-state index >= 15 is 0 Å². The number of nitrogens with one attached hydrogen (secondary N) is 2. The lowest BCUT2D eigenvalue weighted by Gasteiger charge is -2.18. The summed E-state index contributed by atoms with van der Waals surface area (Å²) in [6, 6.07) is 17.4. The first kappa shape index (κ1) is 16.8. The molecule has 2 atom stereocenters. The zero-order valence-electron chi connectivity index (χ0n) is 14.6. The standard InChI is InChI=1S/C21H23N3O2/c25-14-17-12-24(11-16-10-22-19-9-5-4-8-18(16)19)13-20(17)23-21(26)15-6-2-1-3-7-15/h1-10,17,20,22,25H,11-14H2,(H,23,26)/t17-,20+/m0/s1. The molecule has 0 saturated carbocycles. The van der Waals surface area contributed by atoms with E-state index in [0.717, 1.165) is 25.2 Å². The summed E-state index contributed by atoms with van der Waals surface area (Å²) in [5.41, 5.74) is 3.03. The maximum atomic E-state index is 12.4. The summed E-state index contributed by atoms with van der Waals surface area (Å²) in [6.45, 7) is 2.39. The second kappa shape index (κ2) is 7.32. The number of fused-ring (bicyclic) bond motifs is 1. The Hall–Kier alpha value is -2.63. The van der Waals surface area contributed by atoms with Crippen molar-refractivity contribution in [2.24, 2.45) is 5.92 Å². The van der Waals surface area contributed by atoms with Crippen LogP contribution in [0.1, 0.15) is 15.9 Å². The van der Waals surface area contributed by atoms with E-state index in [1.165, 1.54) is 10.9 Å². The highest BCUT2D eigenvalue weighted by molar-refractivity contribution is 5.94. The van der Waals surface area contributed by atoms with Gasteiger partial charge in [0.25, 0.3) is 5.91 Å². The van der Waals surface area contributed by atoms with Crippen molar-refractivity contribution in [3.05, 3.63) is 71.9 Å². The Morgan fingerprint density at radius 3 is 2.69 bits per heavy atom. The van der Waals surface area contributed by atoms with Gasteiger partial charge in [0.15, 0.2) is 0 Å². The summed E-state index contributed by atoms with van der Waals surface area (Å²) < 4.78 is 0. The van der Waals surface area contributed by atoms with Gasteiger partial charge in [-0.05, 0) is 23.8 Å². The molecule has 1 fully saturated rings. The number of aromatic amines is 1. The van der Waals surface area contributed by atoms with Gasteiger partial charge in [-0.15, -0.1) is 0 Å². The average molecular weight is 349 g/mol. The van der Waals surface area contributed by atoms with Crippen LogP contribution in [-0.4, -0.2) is 46.6 Å². The van der Waals surface area contributed by atoms with Crippen molar-refractivity contribution >= 4 is 16.8 Å². The number of amides is 1. The number of hydrogen-bond donors (Lipinski definition) is 3. The van der Waals surface area contributed by atoms with Crippen LogP contribution in [0.4, 0.5) is 0 Å². The van der Waals surface area contributed by atoms with Gasteiger partial charge < -0.3 is 15.4 Å². The predicted octanol–water partition coefficient (Wildman–Crippen LogP) is 2.39. The van der Waals surface area contributed by atoms with E-state index in [1.807, 2.05) is 42.5 Å². The maximum absolute atomic E-state index is 12.4. The lowest BCUT2D eigenvalue weighted by atomic mass is 10.0. The van der Waals surface area contributed by atoms with Gasteiger partial charge in [0.2, 0.25) is 0 Å². The highest BCUT2D eigenvalue weighted by Gasteiger charge is 2.33. The molecular formula is C21H23N3O2. The van der Waals surface area contributed by atoms with E-state index in [2.05, 4.69) is 33.5 Å². The molecule has 0 radical (unpaired) electrons. The number of aliphatic hydroxyl groups is 1. The molecule has 1 saturated heterocycles. The monoisotopic (exact) mass is 349 g/mol. The van der Waals surface area contributed by atoms with Crippen LogP contribution in [0.2, 0.25) is 0 Å². The number of carbonyl (C=O) groups excluding carboxylic acids is 1. The molecule has 0 spiro atoms. The van der Waals surface area contributed by atoms with E-state index in [4.69, 9.17) is 0 Å². The number of aliphatic hydroxyl groups excluding tert-OH is 1. The van der Waals surface area contributed by atoms with E-state index in [1.54, 1.807) is 0 Å². The van der Waals surface area contributed by atoms with E-state index in [-0.39, 0.29) is 24.5 Å². The molecule has 5 nitrogen and oxygen atoms in total. The van der Waals surface area contributed by atoms with Gasteiger partial charge in [0.05, 0.1) is 0 Å². The molecule has 3 aromatic rings. The summed E-state index contributed by atoms with van der Waals surface area (Å²) in [5, 5.41) is 14.1. The summed E-state index contributed by atoms with van der Waals surface area (Å²) in [7, 11) is 0. The molecule has 1 amide bonds. The summed E-state index contributed by atoms with van der Waals surface area (Å²) in [6.07, 6.45) is 2.05. The first-order valence-corrected chi connectivity index (χ1v) is 8.98. The smallest absolute Gasteiger partial charge is 0.251 e. The van der Waals surface area contributed by atoms with Gasteiger partial charge in [-0.1, -0.05) is 36.4 Å². The van der Waals surface area contributed by atoms with Crippen molar-refractivity contribution in [1.29, 1.82) is 0 Å². The molecule has 1 aliphatic heterocycles. The topological polar surface area (TPSA) is 68.4 Å². The van der Waals surface area contributed by atoms with E-state index in [9.17, 15) is 9.90 Å². The fourth-order valence-corrected chi connectivity index (χ4v) is 3.78. The Morgan fingerprint density at radius 2 is 1.88 bits per heavy atom. The molecule has 2 heterocycles. The first-order chi connectivity index (χ1) is 12.7. The Labute approximate surface area is 152 Å². The van der Waals surface area contributed by atoms with Crippen molar-refractivity contribution in [3.63, 3.8) is 0 Å². The molecular weight excluding hydrogens is 326 g/mol. The zero-order valence-corrected chi connectivity index (χ0v) is 14.6. The molecule has 3 N–H and O–H groups in total. The second-order valence-corrected chi connectivity index (χ2v) is 6.94. The molecule has 134 valence electrons. The summed E-state index contributed by atoms with van der Waals surface area (Å²) >= 11 is 0. The van der Waals surface area contributed by atoms with Gasteiger partial charge in [0, 0.05) is 60.9 Å². The highest BCUT2D eigenvalue weighted by atomic mass is 16.3. The molecule has 1 aromatic heterocycles. The molecule has 0 unspecified atom stereocenters. The fraction of sp³-hybridized carbons (Fsp3) is 0.286. The molecule has 26 heavy (non-hydrogen) atoms. The van der Waals surface area contributed by atoms with Crippen LogP contribution < -0.4 is 5.32 Å². The maximum Gasteiger partial charge on any atom is 0.251 e. The van der Waals surface area contributed by atoms with Crippen molar-refractivity contribution in [2.45, 2.75) is 12.6 Å². The number of carbonyl (C=O) groups is 1. The molecule has 5 heteroatoms. The van der Waals surface area contributed by atoms with Crippen molar-refractivity contribution in [3.8, 4) is 0 Å². The van der Waals surface area contributed by atoms with Crippen LogP contribution in [0.25, 0.3) is 10.9 Å². The first-order valence-electron chi connectivity index (χ1n) is 8.98.